The molecule has 1 fully saturated rings. The minimum Gasteiger partial charge on any atom is -0.323 e. The number of halogens is 1. The zero-order valence-corrected chi connectivity index (χ0v) is 10.5. The molecule has 0 aliphatic heterocycles. The van der Waals surface area contributed by atoms with Crippen LogP contribution in [0.4, 0.5) is 10.1 Å². The van der Waals surface area contributed by atoms with E-state index >= 15 is 0 Å². The van der Waals surface area contributed by atoms with E-state index in [0.29, 0.717) is 5.92 Å². The SMILES string of the molecule is CC1CC1C(=O)Nc1ccc(S(N)(=O)=O)cc1F. The fourth-order valence-corrected chi connectivity index (χ4v) is 2.21. The number of carbonyl (C=O) groups is 1. The first-order valence-electron chi connectivity index (χ1n) is 5.42. The van der Waals surface area contributed by atoms with Gasteiger partial charge in [0.25, 0.3) is 0 Å². The van der Waals surface area contributed by atoms with Crippen molar-refractivity contribution < 1.29 is 17.6 Å². The number of sulfonamides is 1. The molecule has 3 N–H and O–H groups in total. The third-order valence-corrected chi connectivity index (χ3v) is 3.88. The first kappa shape index (κ1) is 13.0. The maximum absolute atomic E-state index is 13.6. The molecule has 0 saturated heterocycles. The van der Waals surface area contributed by atoms with Crippen molar-refractivity contribution in [3.05, 3.63) is 24.0 Å². The Balaban J connectivity index is 2.18. The van der Waals surface area contributed by atoms with Gasteiger partial charge in [-0.3, -0.25) is 4.79 Å². The predicted molar refractivity (Wildman–Crippen MR) is 63.7 cm³/mol. The number of carbonyl (C=O) groups excluding carboxylic acids is 1. The highest BCUT2D eigenvalue weighted by atomic mass is 32.2. The Kier molecular flexibility index (Phi) is 3.12. The number of benzene rings is 1. The van der Waals surface area contributed by atoms with E-state index in [2.05, 4.69) is 5.32 Å². The summed E-state index contributed by atoms with van der Waals surface area (Å²) in [5, 5.41) is 7.30. The first-order valence-corrected chi connectivity index (χ1v) is 6.97. The van der Waals surface area contributed by atoms with E-state index in [1.807, 2.05) is 6.92 Å². The van der Waals surface area contributed by atoms with Crippen LogP contribution < -0.4 is 10.5 Å². The molecule has 7 heteroatoms. The van der Waals surface area contributed by atoms with Crippen molar-refractivity contribution in [2.75, 3.05) is 5.32 Å². The van der Waals surface area contributed by atoms with Gasteiger partial charge in [-0.05, 0) is 30.5 Å². The Morgan fingerprint density at radius 2 is 2.11 bits per heavy atom. The van der Waals surface area contributed by atoms with Crippen molar-refractivity contribution in [3.63, 3.8) is 0 Å². The van der Waals surface area contributed by atoms with Gasteiger partial charge in [0.15, 0.2) is 0 Å². The molecule has 2 rings (SSSR count). The quantitative estimate of drug-likeness (QED) is 0.862. The zero-order valence-electron chi connectivity index (χ0n) is 9.68. The van der Waals surface area contributed by atoms with Crippen LogP contribution in [-0.4, -0.2) is 14.3 Å². The fraction of sp³-hybridized carbons (Fsp3) is 0.364. The van der Waals surface area contributed by atoms with Gasteiger partial charge in [-0.25, -0.2) is 17.9 Å². The summed E-state index contributed by atoms with van der Waals surface area (Å²) < 4.78 is 35.6. The average molecular weight is 272 g/mol. The Bertz CT molecular complexity index is 600. The number of nitrogens with two attached hydrogens (primary N) is 1. The van der Waals surface area contributed by atoms with Crippen LogP contribution in [0.1, 0.15) is 13.3 Å². The molecule has 1 saturated carbocycles. The Hall–Kier alpha value is -1.47. The first-order chi connectivity index (χ1) is 8.29. The summed E-state index contributed by atoms with van der Waals surface area (Å²) in [6.45, 7) is 1.94. The van der Waals surface area contributed by atoms with E-state index in [9.17, 15) is 17.6 Å². The number of hydrogen-bond acceptors (Lipinski definition) is 3. The lowest BCUT2D eigenvalue weighted by molar-refractivity contribution is -0.117. The minimum atomic E-state index is -3.94. The predicted octanol–water partition coefficient (Wildman–Crippen LogP) is 1.07. The molecular weight excluding hydrogens is 259 g/mol. The Morgan fingerprint density at radius 1 is 1.50 bits per heavy atom. The van der Waals surface area contributed by atoms with Crippen LogP contribution in [-0.2, 0) is 14.8 Å². The van der Waals surface area contributed by atoms with Crippen molar-refractivity contribution in [2.45, 2.75) is 18.2 Å². The highest BCUT2D eigenvalue weighted by molar-refractivity contribution is 7.89. The summed E-state index contributed by atoms with van der Waals surface area (Å²) in [6.07, 6.45) is 0.794. The molecule has 0 heterocycles. The molecule has 1 aliphatic carbocycles. The summed E-state index contributed by atoms with van der Waals surface area (Å²) in [6, 6.07) is 3.14. The molecule has 98 valence electrons. The van der Waals surface area contributed by atoms with E-state index in [1.54, 1.807) is 0 Å². The summed E-state index contributed by atoms with van der Waals surface area (Å²) in [5.74, 6) is -0.827. The third-order valence-electron chi connectivity index (χ3n) is 2.97. The number of nitrogens with one attached hydrogen (secondary N) is 1. The number of anilines is 1. The van der Waals surface area contributed by atoms with Gasteiger partial charge in [0, 0.05) is 5.92 Å². The van der Waals surface area contributed by atoms with E-state index < -0.39 is 15.8 Å². The van der Waals surface area contributed by atoms with Crippen LogP contribution in [0.2, 0.25) is 0 Å². The van der Waals surface area contributed by atoms with E-state index in [-0.39, 0.29) is 22.4 Å². The van der Waals surface area contributed by atoms with Crippen LogP contribution in [0, 0.1) is 17.7 Å². The van der Waals surface area contributed by atoms with Gasteiger partial charge in [0.1, 0.15) is 5.82 Å². The standard InChI is InChI=1S/C11H13FN2O3S/c1-6-4-8(6)11(15)14-10-3-2-7(5-9(10)12)18(13,16)17/h2-3,5-6,8H,4H2,1H3,(H,14,15)(H2,13,16,17). The maximum Gasteiger partial charge on any atom is 0.238 e. The lowest BCUT2D eigenvalue weighted by atomic mass is 10.2. The number of hydrogen-bond donors (Lipinski definition) is 2. The molecule has 0 spiro atoms. The Morgan fingerprint density at radius 3 is 2.56 bits per heavy atom. The van der Waals surface area contributed by atoms with Crippen molar-refractivity contribution in [1.82, 2.24) is 0 Å². The molecule has 0 aromatic heterocycles. The highest BCUT2D eigenvalue weighted by Crippen LogP contribution is 2.38. The minimum absolute atomic E-state index is 0.0356. The largest absolute Gasteiger partial charge is 0.323 e. The lowest BCUT2D eigenvalue weighted by Crippen LogP contribution is -2.16. The van der Waals surface area contributed by atoms with Crippen LogP contribution in [0.25, 0.3) is 0 Å². The van der Waals surface area contributed by atoms with Gasteiger partial charge in [-0.1, -0.05) is 6.92 Å². The summed E-state index contributed by atoms with van der Waals surface area (Å²) in [4.78, 5) is 11.3. The van der Waals surface area contributed by atoms with Crippen molar-refractivity contribution in [3.8, 4) is 0 Å². The summed E-state index contributed by atoms with van der Waals surface area (Å²) >= 11 is 0. The second-order valence-corrected chi connectivity index (χ2v) is 6.06. The maximum atomic E-state index is 13.6. The van der Waals surface area contributed by atoms with Crippen LogP contribution in [0.15, 0.2) is 23.1 Å². The second kappa shape index (κ2) is 4.33. The molecule has 18 heavy (non-hydrogen) atoms. The van der Waals surface area contributed by atoms with Gasteiger partial charge >= 0.3 is 0 Å². The monoisotopic (exact) mass is 272 g/mol. The molecule has 0 bridgehead atoms. The molecule has 1 aromatic carbocycles. The summed E-state index contributed by atoms with van der Waals surface area (Å²) in [7, 11) is -3.94. The zero-order chi connectivity index (χ0) is 13.5. The molecule has 1 amide bonds. The molecule has 0 radical (unpaired) electrons. The van der Waals surface area contributed by atoms with Crippen LogP contribution >= 0.6 is 0 Å². The highest BCUT2D eigenvalue weighted by Gasteiger charge is 2.39. The van der Waals surface area contributed by atoms with Gasteiger partial charge in [0.2, 0.25) is 15.9 Å². The number of primary sulfonamides is 1. The molecule has 2 unspecified atom stereocenters. The third kappa shape index (κ3) is 2.68. The lowest BCUT2D eigenvalue weighted by Gasteiger charge is -2.07. The summed E-state index contributed by atoms with van der Waals surface area (Å²) in [5.41, 5.74) is -0.0356. The molecule has 1 aromatic rings. The van der Waals surface area contributed by atoms with Gasteiger partial charge in [0.05, 0.1) is 10.6 Å². The van der Waals surface area contributed by atoms with E-state index in [4.69, 9.17) is 5.14 Å². The van der Waals surface area contributed by atoms with Crippen LogP contribution in [0.3, 0.4) is 0 Å². The normalized spacial score (nSPS) is 22.6. The fourth-order valence-electron chi connectivity index (χ4n) is 1.69. The molecule has 2 atom stereocenters. The Labute approximate surface area is 104 Å². The van der Waals surface area contributed by atoms with Crippen molar-refractivity contribution in [1.29, 1.82) is 0 Å². The van der Waals surface area contributed by atoms with Crippen LogP contribution in [0.5, 0.6) is 0 Å². The number of amides is 1. The topological polar surface area (TPSA) is 89.3 Å². The van der Waals surface area contributed by atoms with Gasteiger partial charge < -0.3 is 5.32 Å². The second-order valence-electron chi connectivity index (χ2n) is 4.50. The van der Waals surface area contributed by atoms with Crippen molar-refractivity contribution >= 4 is 21.6 Å². The van der Waals surface area contributed by atoms with Gasteiger partial charge in [-0.2, -0.15) is 0 Å². The van der Waals surface area contributed by atoms with E-state index in [0.717, 1.165) is 18.6 Å². The molecule has 1 aliphatic rings. The molecule has 5 nitrogen and oxygen atoms in total. The number of rotatable bonds is 3. The molecular formula is C11H13FN2O3S. The van der Waals surface area contributed by atoms with Gasteiger partial charge in [-0.15, -0.1) is 0 Å². The van der Waals surface area contributed by atoms with E-state index in [1.165, 1.54) is 6.07 Å². The smallest absolute Gasteiger partial charge is 0.238 e. The van der Waals surface area contributed by atoms with Crippen molar-refractivity contribution in [2.24, 2.45) is 17.0 Å². The average Bonchev–Trinajstić information content (AvgIpc) is 2.97.